The lowest BCUT2D eigenvalue weighted by atomic mass is 10.1. The van der Waals surface area contributed by atoms with Crippen molar-refractivity contribution in [2.45, 2.75) is 0 Å². The van der Waals surface area contributed by atoms with E-state index in [9.17, 15) is 19.7 Å². The Labute approximate surface area is 153 Å². The molecule has 0 aromatic heterocycles. The van der Waals surface area contributed by atoms with Crippen molar-refractivity contribution in [1.29, 1.82) is 0 Å². The molecular weight excluding hydrogens is 348 g/mol. The number of benzene rings is 3. The number of nitro benzene ring substituents is 1. The molecule has 1 aliphatic rings. The first-order valence-corrected chi connectivity index (χ1v) is 8.05. The van der Waals surface area contributed by atoms with Gasteiger partial charge in [0, 0.05) is 12.1 Å². The van der Waals surface area contributed by atoms with Crippen LogP contribution in [0.1, 0.15) is 20.7 Å². The third-order valence-electron chi connectivity index (χ3n) is 4.16. The molecular formula is C20H12N2O5. The first-order valence-electron chi connectivity index (χ1n) is 8.05. The Balaban J connectivity index is 1.65. The van der Waals surface area contributed by atoms with E-state index in [1.807, 2.05) is 18.2 Å². The Bertz CT molecular complexity index is 1060. The zero-order valence-corrected chi connectivity index (χ0v) is 13.9. The zero-order valence-electron chi connectivity index (χ0n) is 13.9. The highest BCUT2D eigenvalue weighted by Gasteiger charge is 2.37. The monoisotopic (exact) mass is 360 g/mol. The molecule has 0 N–H and O–H groups in total. The van der Waals surface area contributed by atoms with Crippen LogP contribution in [0.3, 0.4) is 0 Å². The van der Waals surface area contributed by atoms with Crippen molar-refractivity contribution >= 4 is 23.2 Å². The van der Waals surface area contributed by atoms with Crippen LogP contribution >= 0.6 is 0 Å². The predicted octanol–water partition coefficient (Wildman–Crippen LogP) is 4.19. The lowest BCUT2D eigenvalue weighted by Crippen LogP contribution is -2.29. The highest BCUT2D eigenvalue weighted by molar-refractivity contribution is 6.34. The van der Waals surface area contributed by atoms with Gasteiger partial charge < -0.3 is 4.74 Å². The summed E-state index contributed by atoms with van der Waals surface area (Å²) in [5.74, 6) is 0.0746. The van der Waals surface area contributed by atoms with Crippen LogP contribution in [0.15, 0.2) is 72.8 Å². The molecule has 0 saturated carbocycles. The van der Waals surface area contributed by atoms with Gasteiger partial charge >= 0.3 is 0 Å². The average molecular weight is 360 g/mol. The van der Waals surface area contributed by atoms with Gasteiger partial charge in [-0.15, -0.1) is 0 Å². The van der Waals surface area contributed by atoms with Crippen LogP contribution in [0.5, 0.6) is 11.5 Å². The molecule has 0 aliphatic carbocycles. The van der Waals surface area contributed by atoms with Gasteiger partial charge in [0.1, 0.15) is 11.5 Å². The molecule has 1 aliphatic heterocycles. The van der Waals surface area contributed by atoms with Crippen LogP contribution in [0.25, 0.3) is 0 Å². The number of non-ortho nitro benzene ring substituents is 1. The molecule has 0 bridgehead atoms. The van der Waals surface area contributed by atoms with E-state index in [-0.39, 0.29) is 22.5 Å². The van der Waals surface area contributed by atoms with Crippen molar-refractivity contribution in [2.75, 3.05) is 4.90 Å². The van der Waals surface area contributed by atoms with Gasteiger partial charge in [0.25, 0.3) is 17.5 Å². The molecule has 27 heavy (non-hydrogen) atoms. The largest absolute Gasteiger partial charge is 0.457 e. The second kappa shape index (κ2) is 6.38. The number of imide groups is 1. The van der Waals surface area contributed by atoms with E-state index in [2.05, 4.69) is 0 Å². The summed E-state index contributed by atoms with van der Waals surface area (Å²) < 4.78 is 5.71. The van der Waals surface area contributed by atoms with Crippen LogP contribution in [0.2, 0.25) is 0 Å². The SMILES string of the molecule is O=C1c2ccc(Oc3ccccc3)cc2C(=O)N1c1ccc([N+](=O)[O-])cc1. The minimum absolute atomic E-state index is 0.117. The van der Waals surface area contributed by atoms with Crippen molar-refractivity contribution in [3.63, 3.8) is 0 Å². The third kappa shape index (κ3) is 2.91. The number of nitrogens with zero attached hydrogens (tertiary/aromatic N) is 2. The van der Waals surface area contributed by atoms with E-state index in [1.165, 1.54) is 30.3 Å². The number of ether oxygens (including phenoxy) is 1. The number of rotatable bonds is 4. The fourth-order valence-corrected chi connectivity index (χ4v) is 2.87. The minimum Gasteiger partial charge on any atom is -0.457 e. The molecule has 2 amide bonds. The summed E-state index contributed by atoms with van der Waals surface area (Å²) in [7, 11) is 0. The molecule has 132 valence electrons. The Hall–Kier alpha value is -4.00. The minimum atomic E-state index is -0.542. The topological polar surface area (TPSA) is 89.8 Å². The Kier molecular flexibility index (Phi) is 3.89. The number of nitro groups is 1. The summed E-state index contributed by atoms with van der Waals surface area (Å²) in [6, 6.07) is 19.0. The van der Waals surface area contributed by atoms with Crippen LogP contribution in [-0.2, 0) is 0 Å². The summed E-state index contributed by atoms with van der Waals surface area (Å²) >= 11 is 0. The van der Waals surface area contributed by atoms with Gasteiger partial charge in [-0.05, 0) is 42.5 Å². The van der Waals surface area contributed by atoms with Crippen molar-refractivity contribution in [1.82, 2.24) is 0 Å². The molecule has 4 rings (SSSR count). The number of amides is 2. The van der Waals surface area contributed by atoms with Crippen molar-refractivity contribution in [2.24, 2.45) is 0 Å². The lowest BCUT2D eigenvalue weighted by Gasteiger charge is -2.13. The summed E-state index contributed by atoms with van der Waals surface area (Å²) in [5.41, 5.74) is 0.650. The van der Waals surface area contributed by atoms with E-state index in [0.29, 0.717) is 11.5 Å². The second-order valence-corrected chi connectivity index (χ2v) is 5.84. The molecule has 7 nitrogen and oxygen atoms in total. The highest BCUT2D eigenvalue weighted by atomic mass is 16.6. The van der Waals surface area contributed by atoms with E-state index in [1.54, 1.807) is 24.3 Å². The quantitative estimate of drug-likeness (QED) is 0.395. The van der Waals surface area contributed by atoms with Gasteiger partial charge in [-0.2, -0.15) is 0 Å². The van der Waals surface area contributed by atoms with E-state index < -0.39 is 16.7 Å². The average Bonchev–Trinajstić information content (AvgIpc) is 2.93. The number of carbonyl (C=O) groups excluding carboxylic acids is 2. The number of carbonyl (C=O) groups is 2. The number of hydrogen-bond acceptors (Lipinski definition) is 5. The number of anilines is 1. The fraction of sp³-hybridized carbons (Fsp3) is 0. The number of hydrogen-bond donors (Lipinski definition) is 0. The molecule has 0 unspecified atom stereocenters. The number of para-hydroxylation sites is 1. The standard InChI is InChI=1S/C20H12N2O5/c23-19-17-11-10-16(27-15-4-2-1-3-5-15)12-18(17)20(24)21(19)13-6-8-14(9-7-13)22(25)26/h1-12H. The Morgan fingerprint density at radius 2 is 1.44 bits per heavy atom. The van der Waals surface area contributed by atoms with E-state index in [4.69, 9.17) is 4.74 Å². The van der Waals surface area contributed by atoms with Gasteiger partial charge in [0.15, 0.2) is 0 Å². The molecule has 0 radical (unpaired) electrons. The molecule has 3 aromatic carbocycles. The van der Waals surface area contributed by atoms with Crippen molar-refractivity contribution < 1.29 is 19.2 Å². The molecule has 1 heterocycles. The van der Waals surface area contributed by atoms with Gasteiger partial charge in [0.05, 0.1) is 21.7 Å². The molecule has 0 atom stereocenters. The maximum Gasteiger partial charge on any atom is 0.269 e. The summed E-state index contributed by atoms with van der Waals surface area (Å²) in [5, 5.41) is 10.8. The van der Waals surface area contributed by atoms with Crippen LogP contribution in [0.4, 0.5) is 11.4 Å². The Morgan fingerprint density at radius 1 is 0.778 bits per heavy atom. The Morgan fingerprint density at radius 3 is 2.11 bits per heavy atom. The fourth-order valence-electron chi connectivity index (χ4n) is 2.87. The van der Waals surface area contributed by atoms with Crippen molar-refractivity contribution in [3.8, 4) is 11.5 Å². The van der Waals surface area contributed by atoms with Crippen molar-refractivity contribution in [3.05, 3.63) is 94.0 Å². The third-order valence-corrected chi connectivity index (χ3v) is 4.16. The first kappa shape index (κ1) is 16.5. The number of fused-ring (bicyclic) bond motifs is 1. The normalized spacial score (nSPS) is 12.8. The predicted molar refractivity (Wildman–Crippen MR) is 97.2 cm³/mol. The molecule has 0 spiro atoms. The van der Waals surface area contributed by atoms with Gasteiger partial charge in [-0.3, -0.25) is 19.7 Å². The van der Waals surface area contributed by atoms with Crippen LogP contribution < -0.4 is 9.64 Å². The van der Waals surface area contributed by atoms with E-state index in [0.717, 1.165) is 4.90 Å². The molecule has 0 saturated heterocycles. The lowest BCUT2D eigenvalue weighted by molar-refractivity contribution is -0.384. The maximum atomic E-state index is 12.7. The van der Waals surface area contributed by atoms with Crippen LogP contribution in [0, 0.1) is 10.1 Å². The van der Waals surface area contributed by atoms with Gasteiger partial charge in [-0.25, -0.2) is 4.90 Å². The van der Waals surface area contributed by atoms with Gasteiger partial charge in [-0.1, -0.05) is 18.2 Å². The molecule has 0 fully saturated rings. The van der Waals surface area contributed by atoms with Gasteiger partial charge in [0.2, 0.25) is 0 Å². The zero-order chi connectivity index (χ0) is 19.0. The first-order chi connectivity index (χ1) is 13.0. The second-order valence-electron chi connectivity index (χ2n) is 5.84. The smallest absolute Gasteiger partial charge is 0.269 e. The molecule has 7 heteroatoms. The molecule has 3 aromatic rings. The van der Waals surface area contributed by atoms with E-state index >= 15 is 0 Å². The summed E-state index contributed by atoms with van der Waals surface area (Å²) in [4.78, 5) is 36.6. The summed E-state index contributed by atoms with van der Waals surface area (Å²) in [6.45, 7) is 0. The maximum absolute atomic E-state index is 12.7. The summed E-state index contributed by atoms with van der Waals surface area (Å²) in [6.07, 6.45) is 0. The van der Waals surface area contributed by atoms with Crippen LogP contribution in [-0.4, -0.2) is 16.7 Å². The highest BCUT2D eigenvalue weighted by Crippen LogP contribution is 2.32.